The summed E-state index contributed by atoms with van der Waals surface area (Å²) >= 11 is 0. The number of benzene rings is 2. The highest BCUT2D eigenvalue weighted by molar-refractivity contribution is 7.92. The van der Waals surface area contributed by atoms with Gasteiger partial charge in [0.15, 0.2) is 0 Å². The second kappa shape index (κ2) is 8.65. The third-order valence-corrected chi connectivity index (χ3v) is 5.83. The van der Waals surface area contributed by atoms with Crippen LogP contribution in [0, 0.1) is 20.8 Å². The zero-order valence-corrected chi connectivity index (χ0v) is 18.3. The molecule has 29 heavy (non-hydrogen) atoms. The monoisotopic (exact) mass is 418 g/mol. The number of carbonyl (C=O) groups excluding carboxylic acids is 2. The lowest BCUT2D eigenvalue weighted by atomic mass is 10.1. The van der Waals surface area contributed by atoms with Crippen LogP contribution in [0.4, 0.5) is 11.4 Å². The van der Waals surface area contributed by atoms with Crippen molar-refractivity contribution >= 4 is 33.3 Å². The molecular formula is C21H26N2O5S. The minimum absolute atomic E-state index is 0.288. The number of amides is 1. The first-order valence-corrected chi connectivity index (χ1v) is 10.9. The number of hydrogen-bond acceptors (Lipinski definition) is 5. The first-order chi connectivity index (χ1) is 13.5. The molecule has 2 rings (SSSR count). The highest BCUT2D eigenvalue weighted by atomic mass is 32.2. The maximum Gasteiger partial charge on any atom is 0.337 e. The standard InChI is InChI=1S/C21H26N2O5S/c1-13-7-8-15(3)19(11-13)23(29(6,26)27)16(4)20(24)22-18-12-17(21(25)28-5)10-9-14(18)2/h7-12,16H,1-6H3,(H,22,24)/t16-/m1/s1. The number of methoxy groups -OCH3 is 1. The van der Waals surface area contributed by atoms with Crippen LogP contribution in [0.3, 0.4) is 0 Å². The summed E-state index contributed by atoms with van der Waals surface area (Å²) in [5, 5.41) is 2.73. The highest BCUT2D eigenvalue weighted by Crippen LogP contribution is 2.27. The molecule has 0 aliphatic heterocycles. The molecule has 1 amide bonds. The number of carbonyl (C=O) groups is 2. The number of ether oxygens (including phenoxy) is 1. The number of anilines is 2. The summed E-state index contributed by atoms with van der Waals surface area (Å²) in [6.45, 7) is 6.95. The van der Waals surface area contributed by atoms with Crippen molar-refractivity contribution in [2.45, 2.75) is 33.7 Å². The summed E-state index contributed by atoms with van der Waals surface area (Å²) in [5.74, 6) is -1.04. The van der Waals surface area contributed by atoms with Gasteiger partial charge in [0.25, 0.3) is 0 Å². The summed E-state index contributed by atoms with van der Waals surface area (Å²) < 4.78 is 30.9. The molecular weight excluding hydrogens is 392 g/mol. The van der Waals surface area contributed by atoms with Crippen LogP contribution in [-0.4, -0.2) is 39.7 Å². The maximum atomic E-state index is 12.9. The van der Waals surface area contributed by atoms with Crippen molar-refractivity contribution < 1.29 is 22.7 Å². The Bertz CT molecular complexity index is 1050. The summed E-state index contributed by atoms with van der Waals surface area (Å²) in [7, 11) is -2.46. The van der Waals surface area contributed by atoms with E-state index < -0.39 is 27.9 Å². The molecule has 0 aromatic heterocycles. The number of sulfonamides is 1. The van der Waals surface area contributed by atoms with Gasteiger partial charge in [-0.3, -0.25) is 9.10 Å². The van der Waals surface area contributed by atoms with Gasteiger partial charge in [-0.05, 0) is 62.6 Å². The van der Waals surface area contributed by atoms with E-state index in [0.717, 1.165) is 27.3 Å². The first kappa shape index (κ1) is 22.4. The van der Waals surface area contributed by atoms with Crippen LogP contribution >= 0.6 is 0 Å². The van der Waals surface area contributed by atoms with Crippen LogP contribution in [-0.2, 0) is 19.6 Å². The quantitative estimate of drug-likeness (QED) is 0.727. The molecule has 7 nitrogen and oxygen atoms in total. The Morgan fingerprint density at radius 3 is 2.24 bits per heavy atom. The predicted molar refractivity (Wildman–Crippen MR) is 114 cm³/mol. The van der Waals surface area contributed by atoms with Crippen LogP contribution in [0.15, 0.2) is 36.4 Å². The van der Waals surface area contributed by atoms with Gasteiger partial charge in [0.05, 0.1) is 24.6 Å². The van der Waals surface area contributed by atoms with Gasteiger partial charge < -0.3 is 10.1 Å². The van der Waals surface area contributed by atoms with Gasteiger partial charge >= 0.3 is 5.97 Å². The van der Waals surface area contributed by atoms with E-state index in [2.05, 4.69) is 5.32 Å². The molecule has 0 saturated heterocycles. The van der Waals surface area contributed by atoms with Gasteiger partial charge in [-0.1, -0.05) is 18.2 Å². The maximum absolute atomic E-state index is 12.9. The zero-order chi connectivity index (χ0) is 21.9. The zero-order valence-electron chi connectivity index (χ0n) is 17.4. The van der Waals surface area contributed by atoms with Crippen LogP contribution < -0.4 is 9.62 Å². The lowest BCUT2D eigenvalue weighted by Crippen LogP contribution is -2.45. The summed E-state index contributed by atoms with van der Waals surface area (Å²) in [4.78, 5) is 24.7. The Labute approximate surface area is 171 Å². The number of aryl methyl sites for hydroxylation is 3. The van der Waals surface area contributed by atoms with Crippen molar-refractivity contribution in [3.05, 3.63) is 58.7 Å². The molecule has 2 aromatic rings. The molecule has 0 heterocycles. The van der Waals surface area contributed by atoms with Gasteiger partial charge in [0, 0.05) is 5.69 Å². The van der Waals surface area contributed by atoms with E-state index in [1.165, 1.54) is 20.1 Å². The Morgan fingerprint density at radius 1 is 1.03 bits per heavy atom. The van der Waals surface area contributed by atoms with E-state index in [0.29, 0.717) is 11.4 Å². The Morgan fingerprint density at radius 2 is 1.66 bits per heavy atom. The van der Waals surface area contributed by atoms with Gasteiger partial charge in [0.1, 0.15) is 6.04 Å². The number of hydrogen-bond donors (Lipinski definition) is 1. The molecule has 0 radical (unpaired) electrons. The van der Waals surface area contributed by atoms with Crippen molar-refractivity contribution in [3.8, 4) is 0 Å². The first-order valence-electron chi connectivity index (χ1n) is 9.02. The van der Waals surface area contributed by atoms with Crippen LogP contribution in [0.5, 0.6) is 0 Å². The van der Waals surface area contributed by atoms with Gasteiger partial charge in [-0.25, -0.2) is 13.2 Å². The molecule has 0 fully saturated rings. The van der Waals surface area contributed by atoms with Gasteiger partial charge in [-0.15, -0.1) is 0 Å². The molecule has 0 aliphatic carbocycles. The van der Waals surface area contributed by atoms with Crippen LogP contribution in [0.25, 0.3) is 0 Å². The van der Waals surface area contributed by atoms with Crippen LogP contribution in [0.2, 0.25) is 0 Å². The lowest BCUT2D eigenvalue weighted by Gasteiger charge is -2.30. The van der Waals surface area contributed by atoms with Gasteiger partial charge in [-0.2, -0.15) is 0 Å². The lowest BCUT2D eigenvalue weighted by molar-refractivity contribution is -0.116. The number of nitrogens with zero attached hydrogens (tertiary/aromatic N) is 1. The van der Waals surface area contributed by atoms with E-state index in [1.807, 2.05) is 19.1 Å². The average Bonchev–Trinajstić information content (AvgIpc) is 2.64. The molecule has 0 unspecified atom stereocenters. The number of nitrogens with one attached hydrogen (secondary N) is 1. The largest absolute Gasteiger partial charge is 0.465 e. The molecule has 0 aliphatic rings. The molecule has 2 aromatic carbocycles. The number of esters is 1. The molecule has 1 N–H and O–H groups in total. The molecule has 156 valence electrons. The van der Waals surface area contributed by atoms with E-state index >= 15 is 0 Å². The fraction of sp³-hybridized carbons (Fsp3) is 0.333. The van der Waals surface area contributed by atoms with E-state index in [1.54, 1.807) is 32.0 Å². The fourth-order valence-corrected chi connectivity index (χ4v) is 4.20. The van der Waals surface area contributed by atoms with Crippen molar-refractivity contribution in [2.75, 3.05) is 23.0 Å². The minimum Gasteiger partial charge on any atom is -0.465 e. The van der Waals surface area contributed by atoms with Crippen LogP contribution in [0.1, 0.15) is 34.0 Å². The summed E-state index contributed by atoms with van der Waals surface area (Å²) in [6.07, 6.45) is 1.07. The molecule has 8 heteroatoms. The third kappa shape index (κ3) is 5.14. The Kier molecular flexibility index (Phi) is 6.69. The van der Waals surface area contributed by atoms with Gasteiger partial charge in [0.2, 0.25) is 15.9 Å². The predicted octanol–water partition coefficient (Wildman–Crippen LogP) is 3.19. The average molecular weight is 419 g/mol. The number of rotatable bonds is 6. The second-order valence-corrected chi connectivity index (χ2v) is 8.89. The van der Waals surface area contributed by atoms with E-state index in [-0.39, 0.29) is 5.56 Å². The van der Waals surface area contributed by atoms with E-state index in [4.69, 9.17) is 4.74 Å². The molecule has 0 spiro atoms. The Hall–Kier alpha value is -2.87. The highest BCUT2D eigenvalue weighted by Gasteiger charge is 2.30. The Balaban J connectivity index is 2.41. The normalized spacial score (nSPS) is 12.2. The van der Waals surface area contributed by atoms with Crippen molar-refractivity contribution in [1.82, 2.24) is 0 Å². The topological polar surface area (TPSA) is 92.8 Å². The van der Waals surface area contributed by atoms with Crippen molar-refractivity contribution in [3.63, 3.8) is 0 Å². The SMILES string of the molecule is COC(=O)c1ccc(C)c(NC(=O)[C@@H](C)N(c2cc(C)ccc2C)S(C)(=O)=O)c1. The molecule has 0 saturated carbocycles. The summed E-state index contributed by atoms with van der Waals surface area (Å²) in [5.41, 5.74) is 3.51. The smallest absolute Gasteiger partial charge is 0.337 e. The minimum atomic E-state index is -3.73. The second-order valence-electron chi connectivity index (χ2n) is 7.04. The van der Waals surface area contributed by atoms with Crippen molar-refractivity contribution in [2.24, 2.45) is 0 Å². The van der Waals surface area contributed by atoms with E-state index in [9.17, 15) is 18.0 Å². The molecule has 1 atom stereocenters. The molecule has 0 bridgehead atoms. The third-order valence-electron chi connectivity index (χ3n) is 4.61. The summed E-state index contributed by atoms with van der Waals surface area (Å²) in [6, 6.07) is 9.22. The van der Waals surface area contributed by atoms with Crippen molar-refractivity contribution in [1.29, 1.82) is 0 Å². The fourth-order valence-electron chi connectivity index (χ4n) is 2.98.